The summed E-state index contributed by atoms with van der Waals surface area (Å²) in [6, 6.07) is 0.908. The van der Waals surface area contributed by atoms with Gasteiger partial charge >= 0.3 is 0 Å². The van der Waals surface area contributed by atoms with Gasteiger partial charge in [0, 0.05) is 11.6 Å². The molecule has 0 unspecified atom stereocenters. The molecule has 0 bridgehead atoms. The van der Waals surface area contributed by atoms with Crippen LogP contribution in [0.15, 0.2) is 0 Å². The number of hydrogen-bond acceptors (Lipinski definition) is 1. The minimum atomic E-state index is 0.411. The summed E-state index contributed by atoms with van der Waals surface area (Å²) < 4.78 is 2.69. The molecule has 0 heterocycles. The summed E-state index contributed by atoms with van der Waals surface area (Å²) in [7, 11) is 1.22. The molecular weight excluding hydrogens is 162 g/mol. The Morgan fingerprint density at radius 2 is 1.58 bits per heavy atom. The van der Waals surface area contributed by atoms with Gasteiger partial charge < -0.3 is 4.57 Å². The predicted octanol–water partition coefficient (Wildman–Crippen LogP) is 1.70. The van der Waals surface area contributed by atoms with Gasteiger partial charge in [0.05, 0.1) is 10.4 Å². The molecule has 0 spiro atoms. The van der Waals surface area contributed by atoms with Gasteiger partial charge in [-0.2, -0.15) is 0 Å². The van der Waals surface area contributed by atoms with E-state index in [1.54, 1.807) is 0 Å². The van der Waals surface area contributed by atoms with Gasteiger partial charge in [-0.15, -0.1) is 0 Å². The molecule has 1 aliphatic rings. The van der Waals surface area contributed by atoms with Crippen LogP contribution in [0, 0.1) is 0 Å². The minimum absolute atomic E-state index is 0.411. The number of nitrogens with zero attached hydrogens (tertiary/aromatic N) is 1. The second-order valence-electron chi connectivity index (χ2n) is 5.07. The molecule has 0 aromatic rings. The van der Waals surface area contributed by atoms with E-state index in [1.807, 2.05) is 0 Å². The first-order chi connectivity index (χ1) is 5.52. The Morgan fingerprint density at radius 1 is 1.08 bits per heavy atom. The summed E-state index contributed by atoms with van der Waals surface area (Å²) in [5.41, 5.74) is 0.411. The quantitative estimate of drug-likeness (QED) is 0.562. The third-order valence-electron chi connectivity index (χ3n) is 3.18. The fraction of sp³-hybridized carbons (Fsp3) is 1.00. The van der Waals surface area contributed by atoms with Crippen molar-refractivity contribution in [3.05, 3.63) is 0 Å². The molecule has 1 aliphatic carbocycles. The Labute approximate surface area is 80.0 Å². The third kappa shape index (κ3) is 2.59. The molecular formula is C10H23NSi. The summed E-state index contributed by atoms with van der Waals surface area (Å²) in [4.78, 5) is 0. The van der Waals surface area contributed by atoms with Gasteiger partial charge in [-0.3, -0.25) is 0 Å². The van der Waals surface area contributed by atoms with Crippen molar-refractivity contribution in [3.8, 4) is 0 Å². The van der Waals surface area contributed by atoms with Crippen LogP contribution in [0.5, 0.6) is 0 Å². The molecule has 0 aromatic carbocycles. The third-order valence-corrected chi connectivity index (χ3v) is 5.25. The molecule has 0 amide bonds. The van der Waals surface area contributed by atoms with Crippen molar-refractivity contribution in [1.82, 2.24) is 4.57 Å². The first kappa shape index (κ1) is 10.3. The maximum absolute atomic E-state index is 2.69. The molecule has 0 atom stereocenters. The average molecular weight is 185 g/mol. The first-order valence-corrected chi connectivity index (χ1v) is 6.14. The lowest BCUT2D eigenvalue weighted by Crippen LogP contribution is -2.47. The molecule has 0 aliphatic heterocycles. The van der Waals surface area contributed by atoms with Crippen LogP contribution < -0.4 is 0 Å². The number of rotatable bonds is 1. The fourth-order valence-corrected chi connectivity index (χ4v) is 2.53. The normalized spacial score (nSPS) is 22.0. The van der Waals surface area contributed by atoms with Crippen LogP contribution in [0.1, 0.15) is 52.9 Å². The Hall–Kier alpha value is 0.177. The maximum atomic E-state index is 2.69. The molecule has 0 saturated heterocycles. The van der Waals surface area contributed by atoms with Crippen LogP contribution in [0.3, 0.4) is 0 Å². The van der Waals surface area contributed by atoms with Crippen molar-refractivity contribution in [2.45, 2.75) is 64.5 Å². The predicted molar refractivity (Wildman–Crippen MR) is 58.4 cm³/mol. The molecule has 0 aromatic heterocycles. The van der Waals surface area contributed by atoms with E-state index in [9.17, 15) is 0 Å². The van der Waals surface area contributed by atoms with E-state index < -0.39 is 0 Å². The van der Waals surface area contributed by atoms with Crippen LogP contribution in [-0.2, 0) is 0 Å². The van der Waals surface area contributed by atoms with E-state index in [0.717, 1.165) is 6.04 Å². The van der Waals surface area contributed by atoms with E-state index in [1.165, 1.54) is 42.5 Å². The monoisotopic (exact) mass is 185 g/mol. The first-order valence-electron chi connectivity index (χ1n) is 5.25. The summed E-state index contributed by atoms with van der Waals surface area (Å²) in [5, 5.41) is 0. The van der Waals surface area contributed by atoms with E-state index >= 15 is 0 Å². The van der Waals surface area contributed by atoms with Gasteiger partial charge in [-0.1, -0.05) is 19.3 Å². The van der Waals surface area contributed by atoms with Crippen LogP contribution in [-0.4, -0.2) is 26.6 Å². The molecule has 12 heavy (non-hydrogen) atoms. The SMILES string of the molecule is CC(C)(C)N([SiH3])C1CCCCC1. The maximum Gasteiger partial charge on any atom is 0.0794 e. The highest BCUT2D eigenvalue weighted by atomic mass is 28.2. The molecule has 1 nitrogen and oxygen atoms in total. The minimum Gasteiger partial charge on any atom is -0.325 e. The smallest absolute Gasteiger partial charge is 0.0794 e. The van der Waals surface area contributed by atoms with E-state index in [4.69, 9.17) is 0 Å². The van der Waals surface area contributed by atoms with Crippen molar-refractivity contribution in [2.75, 3.05) is 0 Å². The highest BCUT2D eigenvalue weighted by Gasteiger charge is 2.25. The standard InChI is InChI=1S/C10H23NSi/c1-10(2,3)11(12)9-7-5-4-6-8-9/h9H,4-8H2,1-3,12H3. The van der Waals surface area contributed by atoms with Crippen LogP contribution in [0.2, 0.25) is 0 Å². The largest absolute Gasteiger partial charge is 0.325 e. The van der Waals surface area contributed by atoms with Crippen molar-refractivity contribution < 1.29 is 0 Å². The van der Waals surface area contributed by atoms with Gasteiger partial charge in [0.1, 0.15) is 0 Å². The van der Waals surface area contributed by atoms with Gasteiger partial charge in [-0.05, 0) is 33.6 Å². The zero-order chi connectivity index (χ0) is 9.19. The van der Waals surface area contributed by atoms with E-state index in [-0.39, 0.29) is 0 Å². The lowest BCUT2D eigenvalue weighted by molar-refractivity contribution is 0.161. The van der Waals surface area contributed by atoms with Crippen LogP contribution in [0.25, 0.3) is 0 Å². The molecule has 0 N–H and O–H groups in total. The van der Waals surface area contributed by atoms with Gasteiger partial charge in [0.2, 0.25) is 0 Å². The Morgan fingerprint density at radius 3 is 2.00 bits per heavy atom. The van der Waals surface area contributed by atoms with Crippen LogP contribution in [0.4, 0.5) is 0 Å². The lowest BCUT2D eigenvalue weighted by Gasteiger charge is -2.41. The molecule has 1 rings (SSSR count). The van der Waals surface area contributed by atoms with Crippen molar-refractivity contribution in [3.63, 3.8) is 0 Å². The van der Waals surface area contributed by atoms with Crippen molar-refractivity contribution >= 4 is 10.4 Å². The fourth-order valence-electron chi connectivity index (χ4n) is 2.02. The zero-order valence-electron chi connectivity index (χ0n) is 9.06. The zero-order valence-corrected chi connectivity index (χ0v) is 11.1. The van der Waals surface area contributed by atoms with Crippen molar-refractivity contribution in [2.24, 2.45) is 0 Å². The van der Waals surface area contributed by atoms with Gasteiger partial charge in [0.25, 0.3) is 0 Å². The topological polar surface area (TPSA) is 3.24 Å². The summed E-state index contributed by atoms with van der Waals surface area (Å²) in [5.74, 6) is 0. The number of hydrogen-bond donors (Lipinski definition) is 0. The second-order valence-corrected chi connectivity index (χ2v) is 6.04. The molecule has 1 saturated carbocycles. The van der Waals surface area contributed by atoms with Crippen LogP contribution >= 0.6 is 0 Å². The Bertz CT molecular complexity index is 133. The highest BCUT2D eigenvalue weighted by Crippen LogP contribution is 2.25. The summed E-state index contributed by atoms with van der Waals surface area (Å²) in [6.07, 6.45) is 7.27. The summed E-state index contributed by atoms with van der Waals surface area (Å²) in [6.45, 7) is 7.03. The average Bonchev–Trinajstić information content (AvgIpc) is 2.03. The van der Waals surface area contributed by atoms with Gasteiger partial charge in [0.15, 0.2) is 0 Å². The highest BCUT2D eigenvalue weighted by molar-refractivity contribution is 6.05. The molecule has 2 heteroatoms. The Balaban J connectivity index is 2.45. The Kier molecular flexibility index (Phi) is 3.35. The lowest BCUT2D eigenvalue weighted by atomic mass is 9.93. The van der Waals surface area contributed by atoms with Crippen molar-refractivity contribution in [1.29, 1.82) is 0 Å². The molecule has 1 fully saturated rings. The molecule has 72 valence electrons. The van der Waals surface area contributed by atoms with E-state index in [0.29, 0.717) is 5.54 Å². The summed E-state index contributed by atoms with van der Waals surface area (Å²) >= 11 is 0. The molecule has 0 radical (unpaired) electrons. The van der Waals surface area contributed by atoms with Gasteiger partial charge in [-0.25, -0.2) is 0 Å². The second kappa shape index (κ2) is 3.92. The van der Waals surface area contributed by atoms with E-state index in [2.05, 4.69) is 25.3 Å².